The Kier molecular flexibility index (Phi) is 6.43. The Labute approximate surface area is 173 Å². The van der Waals surface area contributed by atoms with E-state index in [0.29, 0.717) is 18.5 Å². The Hall–Kier alpha value is -3.72. The second kappa shape index (κ2) is 9.19. The number of nitro groups is 1. The van der Waals surface area contributed by atoms with Gasteiger partial charge in [0.2, 0.25) is 0 Å². The molecule has 0 saturated carbocycles. The average molecular weight is 426 g/mol. The lowest BCUT2D eigenvalue weighted by atomic mass is 10.1. The van der Waals surface area contributed by atoms with E-state index < -0.39 is 15.0 Å². The topological polar surface area (TPSA) is 116 Å². The fourth-order valence-corrected chi connectivity index (χ4v) is 3.63. The van der Waals surface area contributed by atoms with Crippen molar-refractivity contribution in [3.63, 3.8) is 0 Å². The minimum absolute atomic E-state index is 0.0117. The molecule has 1 amide bonds. The van der Waals surface area contributed by atoms with Crippen LogP contribution in [0.15, 0.2) is 83.8 Å². The lowest BCUT2D eigenvalue weighted by molar-refractivity contribution is -0.385. The number of amides is 1. The van der Waals surface area contributed by atoms with Crippen LogP contribution in [-0.2, 0) is 16.5 Å². The molecule has 0 spiro atoms. The van der Waals surface area contributed by atoms with Crippen LogP contribution in [0.5, 0.6) is 5.75 Å². The molecule has 0 aliphatic carbocycles. The van der Waals surface area contributed by atoms with Crippen molar-refractivity contribution in [3.05, 3.63) is 100 Å². The van der Waals surface area contributed by atoms with Crippen molar-refractivity contribution in [1.82, 2.24) is 5.32 Å². The quantitative estimate of drug-likeness (QED) is 0.336. The Morgan fingerprint density at radius 3 is 2.33 bits per heavy atom. The Morgan fingerprint density at radius 2 is 1.67 bits per heavy atom. The first kappa shape index (κ1) is 21.0. The largest absolute Gasteiger partial charge is 0.379 e. The monoisotopic (exact) mass is 426 g/mol. The van der Waals surface area contributed by atoms with Crippen LogP contribution in [0.1, 0.15) is 15.9 Å². The van der Waals surface area contributed by atoms with Gasteiger partial charge >= 0.3 is 10.1 Å². The molecule has 0 radical (unpaired) electrons. The first-order valence-electron chi connectivity index (χ1n) is 8.96. The maximum absolute atomic E-state index is 12.3. The predicted octanol–water partition coefficient (Wildman–Crippen LogP) is 3.34. The van der Waals surface area contributed by atoms with Crippen molar-refractivity contribution in [1.29, 1.82) is 0 Å². The highest BCUT2D eigenvalue weighted by atomic mass is 32.2. The molecule has 3 aromatic rings. The van der Waals surface area contributed by atoms with Gasteiger partial charge in [0.25, 0.3) is 11.6 Å². The minimum atomic E-state index is -4.25. The third kappa shape index (κ3) is 5.42. The second-order valence-corrected chi connectivity index (χ2v) is 7.85. The van der Waals surface area contributed by atoms with Gasteiger partial charge in [0, 0.05) is 24.2 Å². The van der Waals surface area contributed by atoms with Crippen LogP contribution in [0.3, 0.4) is 0 Å². The van der Waals surface area contributed by atoms with Gasteiger partial charge in [-0.15, -0.1) is 0 Å². The highest BCUT2D eigenvalue weighted by molar-refractivity contribution is 7.87. The molecular weight excluding hydrogens is 408 g/mol. The summed E-state index contributed by atoms with van der Waals surface area (Å²) in [7, 11) is -4.25. The van der Waals surface area contributed by atoms with Crippen molar-refractivity contribution in [2.45, 2.75) is 11.3 Å². The molecule has 9 heteroatoms. The van der Waals surface area contributed by atoms with Gasteiger partial charge in [-0.05, 0) is 42.3 Å². The number of hydrogen-bond acceptors (Lipinski definition) is 6. The first-order chi connectivity index (χ1) is 14.3. The first-order valence-corrected chi connectivity index (χ1v) is 10.4. The lowest BCUT2D eigenvalue weighted by Gasteiger charge is -2.08. The van der Waals surface area contributed by atoms with Crippen molar-refractivity contribution in [2.75, 3.05) is 6.54 Å². The van der Waals surface area contributed by atoms with Crippen molar-refractivity contribution in [2.24, 2.45) is 0 Å². The van der Waals surface area contributed by atoms with E-state index in [9.17, 15) is 23.3 Å². The van der Waals surface area contributed by atoms with Crippen LogP contribution < -0.4 is 9.50 Å². The van der Waals surface area contributed by atoms with Crippen LogP contribution in [0, 0.1) is 10.1 Å². The summed E-state index contributed by atoms with van der Waals surface area (Å²) in [5, 5.41) is 13.6. The Balaban J connectivity index is 1.61. The molecule has 1 N–H and O–H groups in total. The summed E-state index contributed by atoms with van der Waals surface area (Å²) in [6, 6.07) is 19.9. The van der Waals surface area contributed by atoms with Crippen LogP contribution >= 0.6 is 0 Å². The third-order valence-corrected chi connectivity index (χ3v) is 5.42. The summed E-state index contributed by atoms with van der Waals surface area (Å²) in [4.78, 5) is 22.0. The molecule has 0 saturated heterocycles. The summed E-state index contributed by atoms with van der Waals surface area (Å²) >= 11 is 0. The number of carbonyl (C=O) groups excluding carboxylic acids is 1. The molecular formula is C21H18N2O6S. The number of hydrogen-bond donors (Lipinski definition) is 1. The highest BCUT2D eigenvalue weighted by Crippen LogP contribution is 2.22. The summed E-state index contributed by atoms with van der Waals surface area (Å²) in [6.45, 7) is 0.461. The molecule has 8 nitrogen and oxygen atoms in total. The maximum Gasteiger partial charge on any atom is 0.339 e. The molecule has 0 atom stereocenters. The number of nitrogens with one attached hydrogen (secondary N) is 1. The lowest BCUT2D eigenvalue weighted by Crippen LogP contribution is -2.25. The molecule has 0 heterocycles. The summed E-state index contributed by atoms with van der Waals surface area (Å²) < 4.78 is 29.7. The van der Waals surface area contributed by atoms with Crippen molar-refractivity contribution < 1.29 is 22.3 Å². The zero-order valence-corrected chi connectivity index (χ0v) is 16.5. The standard InChI is InChI=1S/C21H18N2O6S/c24-21(22-14-13-16-5-2-1-3-6-16)17-9-11-19(12-10-17)29-30(27,28)20-8-4-7-18(15-20)23(25)26/h1-12,15H,13-14H2,(H,22,24). The number of non-ortho nitro benzene ring substituents is 1. The van der Waals surface area contributed by atoms with Gasteiger partial charge in [-0.25, -0.2) is 0 Å². The SMILES string of the molecule is O=C(NCCc1ccccc1)c1ccc(OS(=O)(=O)c2cccc([N+](=O)[O-])c2)cc1. The van der Waals surface area contributed by atoms with Crippen LogP contribution in [-0.4, -0.2) is 25.8 Å². The normalized spacial score (nSPS) is 10.9. The molecule has 0 unspecified atom stereocenters. The van der Waals surface area contributed by atoms with Gasteiger partial charge in [0.05, 0.1) is 4.92 Å². The summed E-state index contributed by atoms with van der Waals surface area (Å²) in [5.41, 5.74) is 1.10. The van der Waals surface area contributed by atoms with E-state index in [-0.39, 0.29) is 22.2 Å². The average Bonchev–Trinajstić information content (AvgIpc) is 2.75. The maximum atomic E-state index is 12.3. The highest BCUT2D eigenvalue weighted by Gasteiger charge is 2.20. The molecule has 0 aromatic heterocycles. The number of carbonyl (C=O) groups is 1. The van der Waals surface area contributed by atoms with Crippen molar-refractivity contribution >= 4 is 21.7 Å². The number of benzene rings is 3. The minimum Gasteiger partial charge on any atom is -0.379 e. The number of rotatable bonds is 8. The Morgan fingerprint density at radius 1 is 0.967 bits per heavy atom. The number of nitrogens with zero attached hydrogens (tertiary/aromatic N) is 1. The fraction of sp³-hybridized carbons (Fsp3) is 0.0952. The zero-order chi connectivity index (χ0) is 21.6. The van der Waals surface area contributed by atoms with Gasteiger partial charge < -0.3 is 9.50 Å². The molecule has 30 heavy (non-hydrogen) atoms. The van der Waals surface area contributed by atoms with Crippen LogP contribution in [0.2, 0.25) is 0 Å². The van der Waals surface area contributed by atoms with Crippen molar-refractivity contribution in [3.8, 4) is 5.75 Å². The van der Waals surface area contributed by atoms with E-state index in [2.05, 4.69) is 5.32 Å². The summed E-state index contributed by atoms with van der Waals surface area (Å²) in [5.74, 6) is -0.304. The molecule has 0 aliphatic heterocycles. The molecule has 3 aromatic carbocycles. The van der Waals surface area contributed by atoms with E-state index >= 15 is 0 Å². The van der Waals surface area contributed by atoms with Gasteiger partial charge in [0.15, 0.2) is 0 Å². The predicted molar refractivity (Wildman–Crippen MR) is 110 cm³/mol. The van der Waals surface area contributed by atoms with Crippen LogP contribution in [0.4, 0.5) is 5.69 Å². The van der Waals surface area contributed by atoms with E-state index in [1.54, 1.807) is 0 Å². The van der Waals surface area contributed by atoms with Gasteiger partial charge in [-0.3, -0.25) is 14.9 Å². The van der Waals surface area contributed by atoms with Gasteiger partial charge in [-0.2, -0.15) is 8.42 Å². The molecule has 0 bridgehead atoms. The van der Waals surface area contributed by atoms with E-state index in [1.807, 2.05) is 30.3 Å². The zero-order valence-electron chi connectivity index (χ0n) is 15.7. The molecule has 0 aliphatic rings. The molecule has 3 rings (SSSR count). The van der Waals surface area contributed by atoms with Gasteiger partial charge in [-0.1, -0.05) is 36.4 Å². The third-order valence-electron chi connectivity index (χ3n) is 4.18. The molecule has 0 fully saturated rings. The Bertz CT molecular complexity index is 1150. The van der Waals surface area contributed by atoms with E-state index in [4.69, 9.17) is 4.18 Å². The van der Waals surface area contributed by atoms with E-state index in [1.165, 1.54) is 42.5 Å². The van der Waals surface area contributed by atoms with Gasteiger partial charge in [0.1, 0.15) is 10.6 Å². The fourth-order valence-electron chi connectivity index (χ4n) is 2.66. The smallest absolute Gasteiger partial charge is 0.339 e. The second-order valence-electron chi connectivity index (χ2n) is 6.31. The number of nitro benzene ring substituents is 1. The summed E-state index contributed by atoms with van der Waals surface area (Å²) in [6.07, 6.45) is 0.690. The molecule has 154 valence electrons. The van der Waals surface area contributed by atoms with Crippen LogP contribution in [0.25, 0.3) is 0 Å². The van der Waals surface area contributed by atoms with E-state index in [0.717, 1.165) is 11.6 Å².